The maximum absolute atomic E-state index is 12.8. The molecule has 0 aliphatic rings. The number of carbonyl (C=O) groups excluding carboxylic acids is 9. The summed E-state index contributed by atoms with van der Waals surface area (Å²) in [6, 6.07) is 8.54. The number of carboxylic acids is 1. The van der Waals surface area contributed by atoms with E-state index in [2.05, 4.69) is 29.6 Å². The number of carbonyl (C=O) groups is 10. The van der Waals surface area contributed by atoms with Crippen LogP contribution in [0.15, 0.2) is 97.1 Å². The summed E-state index contributed by atoms with van der Waals surface area (Å²) in [5, 5.41) is 33.9. The van der Waals surface area contributed by atoms with Crippen molar-refractivity contribution in [2.75, 3.05) is 33.4 Å². The average molecular weight is 1490 g/mol. The van der Waals surface area contributed by atoms with Crippen LogP contribution in [0.5, 0.6) is 23.0 Å². The molecule has 0 spiro atoms. The Hall–Kier alpha value is -6.64. The van der Waals surface area contributed by atoms with Crippen LogP contribution >= 0.6 is 11.6 Å². The summed E-state index contributed by atoms with van der Waals surface area (Å²) in [4.78, 5) is 111. The van der Waals surface area contributed by atoms with Crippen LogP contribution in [0.3, 0.4) is 0 Å². The molecular formula is C61H69ClF12K2N4O18. The number of carboxylic acid groups (broad SMARTS) is 1. The zero-order valence-electron chi connectivity index (χ0n) is 52.5. The van der Waals surface area contributed by atoms with Gasteiger partial charge in [-0.1, -0.05) is 53.0 Å². The van der Waals surface area contributed by atoms with E-state index in [1.165, 1.54) is 63.2 Å². The van der Waals surface area contributed by atoms with Gasteiger partial charge in [0.2, 0.25) is 5.24 Å². The summed E-state index contributed by atoms with van der Waals surface area (Å²) < 4.78 is 178. The number of halogens is 13. The molecular weight excluding hydrogens is 1420 g/mol. The van der Waals surface area contributed by atoms with E-state index in [0.717, 1.165) is 84.0 Å². The fourth-order valence-corrected chi connectivity index (χ4v) is 6.35. The number of aliphatic hydroxyl groups excluding tert-OH is 1. The Morgan fingerprint density at radius 2 is 0.796 bits per heavy atom. The van der Waals surface area contributed by atoms with Gasteiger partial charge in [0.15, 0.2) is 0 Å². The van der Waals surface area contributed by atoms with Gasteiger partial charge in [0.1, 0.15) is 34.1 Å². The van der Waals surface area contributed by atoms with Crippen LogP contribution in [-0.4, -0.2) is 166 Å². The summed E-state index contributed by atoms with van der Waals surface area (Å²) in [5.74, 6) is -9.61. The Labute approximate surface area is 605 Å². The van der Waals surface area contributed by atoms with Gasteiger partial charge in [-0.3, -0.25) is 38.4 Å². The van der Waals surface area contributed by atoms with Gasteiger partial charge in [0, 0.05) is 64.6 Å². The molecule has 98 heavy (non-hydrogen) atoms. The first kappa shape index (κ1) is 100. The van der Waals surface area contributed by atoms with E-state index in [-0.39, 0.29) is 69.5 Å². The quantitative estimate of drug-likeness (QED) is 0.00880. The van der Waals surface area contributed by atoms with Crippen molar-refractivity contribution in [1.82, 2.24) is 10.6 Å². The average Bonchev–Trinajstić information content (AvgIpc) is 0.865. The van der Waals surface area contributed by atoms with Crippen LogP contribution in [0.2, 0.25) is 0 Å². The van der Waals surface area contributed by atoms with Crippen LogP contribution in [0.4, 0.5) is 52.7 Å². The normalized spacial score (nSPS) is 10.5. The Balaban J connectivity index is -0.000000374. The molecule has 4 rings (SSSR count). The number of amides is 2. The molecule has 37 heteroatoms. The predicted octanol–water partition coefficient (Wildman–Crippen LogP) is 12.8. The Bertz CT molecular complexity index is 3310. The standard InChI is InChI=1S/C19H22F3NO5.C13H14F3NO4.C11H9F3O4.C10H7F3O4.C6H9ClO.2CH4.2K.N2/c1-3-4-5-7-17(25)27-11-6-10-23-18(26)15-9-8-14(19(20,21)22)12-16(15)28-13(2)24;1-8(19)21-11-7-9(13(14,15)16)3-4-10(11)12(20)17-5-2-6-18;1-6(15)18-9-5-7(11(12,13)14)3-4-8(9)10(16)17-2;1-5(14)17-8-4-6(10(11,12)13)2-3-7(8)9(15)16;1-2-3-4-5-6(7)8;;;;;1-2/h4-5,8-9,12H,3,6-7,10-11H2,1-2H3,(H,23,26);3-4,7,18H,2,5-6H2,1H3,(H,17,20);3-5H,1-2H3;2-4H,1H3,(H,15,16);3-4H,2,5H2,1H3;2*1H4;;;/b5-4-;;;;4-3-;;;;;. The van der Waals surface area contributed by atoms with Gasteiger partial charge in [-0.2, -0.15) is 52.7 Å². The van der Waals surface area contributed by atoms with Gasteiger partial charge in [-0.15, -0.1) is 0 Å². The van der Waals surface area contributed by atoms with Gasteiger partial charge in [0.25, 0.3) is 11.8 Å². The molecule has 0 saturated heterocycles. The number of nitrogens with one attached hydrogen (secondary N) is 2. The summed E-state index contributed by atoms with van der Waals surface area (Å²) in [7, 11) is 1.07. The molecule has 0 heterocycles. The third kappa shape index (κ3) is 43.7. The van der Waals surface area contributed by atoms with E-state index >= 15 is 0 Å². The van der Waals surface area contributed by atoms with Crippen LogP contribution < -0.4 is 29.6 Å². The predicted molar refractivity (Wildman–Crippen MR) is 329 cm³/mol. The molecule has 0 radical (unpaired) electrons. The topological polar surface area (TPSA) is 338 Å². The zero-order chi connectivity index (χ0) is 74.7. The molecule has 22 nitrogen and oxygen atoms in total. The number of esters is 6. The Kier molecular flexibility index (Phi) is 53.5. The maximum atomic E-state index is 12.8. The molecule has 4 aromatic carbocycles. The van der Waals surface area contributed by atoms with Crippen molar-refractivity contribution in [3.8, 4) is 23.0 Å². The van der Waals surface area contributed by atoms with Crippen molar-refractivity contribution in [3.05, 3.63) is 142 Å². The fourth-order valence-electron chi connectivity index (χ4n) is 6.26. The summed E-state index contributed by atoms with van der Waals surface area (Å²) >= 11 is 7.52. The van der Waals surface area contributed by atoms with Gasteiger partial charge in [0.05, 0.1) is 53.5 Å². The van der Waals surface area contributed by atoms with Gasteiger partial charge >= 0.3 is 130 Å². The van der Waals surface area contributed by atoms with Crippen LogP contribution in [0.25, 0.3) is 0 Å². The van der Waals surface area contributed by atoms with Crippen molar-refractivity contribution in [3.63, 3.8) is 0 Å². The van der Waals surface area contributed by atoms with Gasteiger partial charge in [-0.05, 0) is 110 Å². The summed E-state index contributed by atoms with van der Waals surface area (Å²) in [6.45, 7) is 8.19. The first-order chi connectivity index (χ1) is 44.6. The number of aliphatic hydroxyl groups is 1. The number of nitrogens with zero attached hydrogens (tertiary/aromatic N) is 2. The van der Waals surface area contributed by atoms with Crippen molar-refractivity contribution in [2.45, 2.75) is 120 Å². The minimum absolute atomic E-state index is 0. The molecule has 0 fully saturated rings. The van der Waals surface area contributed by atoms with Crippen molar-refractivity contribution in [1.29, 1.82) is 10.8 Å². The van der Waals surface area contributed by atoms with Gasteiger partial charge in [-0.25, -0.2) is 9.59 Å². The second-order valence-electron chi connectivity index (χ2n) is 17.7. The minimum atomic E-state index is -4.64. The summed E-state index contributed by atoms with van der Waals surface area (Å²) in [5.41, 5.74) is -5.31. The molecule has 0 saturated carbocycles. The zero-order valence-corrected chi connectivity index (χ0v) is 59.5. The third-order valence-electron chi connectivity index (χ3n) is 10.2. The Morgan fingerprint density at radius 3 is 1.08 bits per heavy atom. The number of benzene rings is 4. The third-order valence-corrected chi connectivity index (χ3v) is 10.4. The van der Waals surface area contributed by atoms with E-state index < -0.39 is 129 Å². The second-order valence-corrected chi connectivity index (χ2v) is 18.1. The number of methoxy groups -OCH3 is 1. The molecule has 4 aromatic rings. The van der Waals surface area contributed by atoms with Crippen LogP contribution in [-0.2, 0) is 62.9 Å². The number of hydrogen-bond donors (Lipinski definition) is 4. The van der Waals surface area contributed by atoms with E-state index in [4.69, 9.17) is 42.1 Å². The van der Waals surface area contributed by atoms with E-state index in [1.54, 1.807) is 12.2 Å². The van der Waals surface area contributed by atoms with Crippen molar-refractivity contribution in [2.24, 2.45) is 0 Å². The number of hydrogen-bond acceptors (Lipinski definition) is 19. The molecule has 0 unspecified atom stereocenters. The molecule has 2 amide bonds. The van der Waals surface area contributed by atoms with Crippen molar-refractivity contribution >= 4 is 134 Å². The molecule has 0 aromatic heterocycles. The number of rotatable bonds is 21. The van der Waals surface area contributed by atoms with Crippen LogP contribution in [0, 0.1) is 10.8 Å². The number of aromatic carboxylic acids is 1. The first-order valence-electron chi connectivity index (χ1n) is 27.6. The molecule has 0 aliphatic heterocycles. The fraction of sp³-hybridized carbons (Fsp3) is 0.377. The SMILES string of the molecule is C.C.CC(=O)Oc1cc(C(F)(F)F)ccc1C(=O)NCCCO.CC(=O)Oc1cc(C(F)(F)F)ccc1C(=O)O.CC/C=C\CC(=O)Cl.CC/C=C\CC(=O)OCCCNC(=O)c1ccc(C(F)(F)F)cc1OC(C)=O.COC(=O)c1ccc(C(F)(F)F)cc1OC(C)=O.N#N.[K][K]. The molecule has 534 valence electrons. The summed E-state index contributed by atoms with van der Waals surface area (Å²) in [6.07, 6.45) is -8.33. The van der Waals surface area contributed by atoms with E-state index in [1.807, 2.05) is 26.0 Å². The van der Waals surface area contributed by atoms with Crippen LogP contribution in [0.1, 0.15) is 159 Å². The molecule has 4 N–H and O–H groups in total. The second kappa shape index (κ2) is 52.4. The number of ether oxygens (including phenoxy) is 6. The molecule has 0 atom stereocenters. The number of allylic oxidation sites excluding steroid dienone is 3. The van der Waals surface area contributed by atoms with Crippen molar-refractivity contribution < 1.29 is 139 Å². The molecule has 0 bridgehead atoms. The van der Waals surface area contributed by atoms with E-state index in [9.17, 15) is 101 Å². The molecule has 0 aliphatic carbocycles. The monoisotopic (exact) mass is 1490 g/mol. The first-order valence-corrected chi connectivity index (χ1v) is 43.9. The van der Waals surface area contributed by atoms with E-state index in [0.29, 0.717) is 55.7 Å². The Morgan fingerprint density at radius 1 is 0.500 bits per heavy atom. The number of alkyl halides is 12. The van der Waals surface area contributed by atoms with Gasteiger partial charge < -0.3 is 49.3 Å².